The van der Waals surface area contributed by atoms with Gasteiger partial charge in [-0.1, -0.05) is 48.6 Å². The van der Waals surface area contributed by atoms with Crippen molar-refractivity contribution >= 4 is 12.0 Å². The van der Waals surface area contributed by atoms with Gasteiger partial charge >= 0.3 is 5.97 Å². The van der Waals surface area contributed by atoms with E-state index in [4.69, 9.17) is 23.7 Å². The summed E-state index contributed by atoms with van der Waals surface area (Å²) in [5.41, 5.74) is 1.63. The fourth-order valence-electron chi connectivity index (χ4n) is 3.36. The Morgan fingerprint density at radius 2 is 1.81 bits per heavy atom. The molecule has 0 heterocycles. The lowest BCUT2D eigenvalue weighted by molar-refractivity contribution is 0.00403. The van der Waals surface area contributed by atoms with Crippen LogP contribution in [0, 0.1) is 0 Å². The van der Waals surface area contributed by atoms with Crippen molar-refractivity contribution in [3.05, 3.63) is 90.5 Å². The maximum atomic E-state index is 13.3. The quantitative estimate of drug-likeness (QED) is 0.140. The third kappa shape index (κ3) is 10.2. The van der Waals surface area contributed by atoms with Gasteiger partial charge in [0.05, 0.1) is 32.5 Å². The number of carbonyl (C=O) groups excluding carboxylic acids is 1. The van der Waals surface area contributed by atoms with Crippen molar-refractivity contribution in [2.24, 2.45) is 0 Å². The van der Waals surface area contributed by atoms with Gasteiger partial charge in [0.2, 0.25) is 0 Å². The summed E-state index contributed by atoms with van der Waals surface area (Å²) in [4.78, 5) is 13.3. The van der Waals surface area contributed by atoms with Crippen LogP contribution < -0.4 is 9.47 Å². The number of carbonyl (C=O) groups is 1. The number of benzene rings is 2. The lowest BCUT2D eigenvalue weighted by atomic mass is 10.0. The van der Waals surface area contributed by atoms with Gasteiger partial charge in [-0.15, -0.1) is 13.2 Å². The van der Waals surface area contributed by atoms with Crippen molar-refractivity contribution in [3.8, 4) is 11.5 Å². The van der Waals surface area contributed by atoms with Crippen LogP contribution in [0.15, 0.2) is 73.9 Å². The third-order valence-corrected chi connectivity index (χ3v) is 5.37. The molecular formula is C29H36O8. The Bertz CT molecular complexity index is 1020. The fourth-order valence-corrected chi connectivity index (χ4v) is 3.36. The van der Waals surface area contributed by atoms with Crippen LogP contribution in [0.5, 0.6) is 11.5 Å². The number of aliphatic hydroxyl groups excluding tert-OH is 2. The van der Waals surface area contributed by atoms with Crippen LogP contribution >= 0.6 is 0 Å². The summed E-state index contributed by atoms with van der Waals surface area (Å²) in [5, 5.41) is 20.0. The molecule has 0 unspecified atom stereocenters. The molecule has 2 aromatic carbocycles. The number of hydrogen-bond donors (Lipinski definition) is 2. The molecule has 8 nitrogen and oxygen atoms in total. The summed E-state index contributed by atoms with van der Waals surface area (Å²) >= 11 is 0. The summed E-state index contributed by atoms with van der Waals surface area (Å²) in [5.74, 6) is 0.383. The Hall–Kier alpha value is -3.43. The molecule has 2 rings (SSSR count). The molecule has 2 N–H and O–H groups in total. The molecule has 2 aromatic rings. The van der Waals surface area contributed by atoms with Crippen molar-refractivity contribution in [1.82, 2.24) is 0 Å². The maximum Gasteiger partial charge on any atom is 0.342 e. The Morgan fingerprint density at radius 3 is 2.46 bits per heavy atom. The van der Waals surface area contributed by atoms with Gasteiger partial charge < -0.3 is 33.9 Å². The van der Waals surface area contributed by atoms with Crippen molar-refractivity contribution in [2.45, 2.75) is 37.8 Å². The first-order valence-electron chi connectivity index (χ1n) is 11.9. The lowest BCUT2D eigenvalue weighted by Gasteiger charge is -2.21. The third-order valence-electron chi connectivity index (χ3n) is 5.37. The van der Waals surface area contributed by atoms with Crippen molar-refractivity contribution in [2.75, 3.05) is 27.6 Å². The number of esters is 1. The van der Waals surface area contributed by atoms with Gasteiger partial charge in [-0.25, -0.2) is 4.79 Å². The summed E-state index contributed by atoms with van der Waals surface area (Å²) in [6.45, 7) is 7.76. The molecule has 0 aliphatic heterocycles. The van der Waals surface area contributed by atoms with E-state index in [0.29, 0.717) is 25.2 Å². The van der Waals surface area contributed by atoms with Crippen LogP contribution in [0.4, 0.5) is 0 Å². The molecular weight excluding hydrogens is 476 g/mol. The van der Waals surface area contributed by atoms with Gasteiger partial charge in [0.1, 0.15) is 23.2 Å². The van der Waals surface area contributed by atoms with Gasteiger partial charge in [-0.05, 0) is 29.3 Å². The Morgan fingerprint density at radius 1 is 1.05 bits per heavy atom. The standard InChI is InChI=1S/C29H36O8/c1-5-23(30)13-12-22-8-7-9-27(36-20-33-3)28(22)29(32)37-26(18-24(31)6-2)16-17-35-19-21-10-14-25(34-4)15-11-21/h5-15,23-24,26,30-31H,1-2,16-20H2,3-4H3/b13-12+/t23-,24+,26+/m1/s1. The lowest BCUT2D eigenvalue weighted by Crippen LogP contribution is -2.25. The van der Waals surface area contributed by atoms with E-state index >= 15 is 0 Å². The zero-order chi connectivity index (χ0) is 27.0. The van der Waals surface area contributed by atoms with Crippen molar-refractivity contribution < 1.29 is 38.7 Å². The summed E-state index contributed by atoms with van der Waals surface area (Å²) in [6, 6.07) is 12.6. The first kappa shape index (κ1) is 29.8. The molecule has 0 fully saturated rings. The van der Waals surface area contributed by atoms with Gasteiger partial charge in [-0.3, -0.25) is 0 Å². The SMILES string of the molecule is C=C[C@@H](O)/C=C/c1cccc(OCOC)c1C(=O)O[C@@H](CCOCc1ccc(OC)cc1)C[C@@H](O)C=C. The molecule has 3 atom stereocenters. The van der Waals surface area contributed by atoms with Crippen LogP contribution in [-0.4, -0.2) is 62.1 Å². The second-order valence-corrected chi connectivity index (χ2v) is 8.11. The van der Waals surface area contributed by atoms with Gasteiger partial charge in [0.25, 0.3) is 0 Å². The Balaban J connectivity index is 2.15. The second-order valence-electron chi connectivity index (χ2n) is 8.11. The highest BCUT2D eigenvalue weighted by Gasteiger charge is 2.23. The molecule has 0 aliphatic rings. The molecule has 37 heavy (non-hydrogen) atoms. The highest BCUT2D eigenvalue weighted by Crippen LogP contribution is 2.26. The van der Waals surface area contributed by atoms with E-state index in [1.165, 1.54) is 25.3 Å². The van der Waals surface area contributed by atoms with Gasteiger partial charge in [0.15, 0.2) is 6.79 Å². The average Bonchev–Trinajstić information content (AvgIpc) is 2.92. The van der Waals surface area contributed by atoms with E-state index in [1.807, 2.05) is 24.3 Å². The minimum Gasteiger partial charge on any atom is -0.497 e. The molecule has 0 radical (unpaired) electrons. The largest absolute Gasteiger partial charge is 0.497 e. The number of hydrogen-bond acceptors (Lipinski definition) is 8. The van der Waals surface area contributed by atoms with E-state index in [2.05, 4.69) is 13.2 Å². The summed E-state index contributed by atoms with van der Waals surface area (Å²) in [6.07, 6.45) is 3.95. The predicted octanol–water partition coefficient (Wildman–Crippen LogP) is 4.31. The minimum atomic E-state index is -0.884. The number of aliphatic hydroxyl groups is 2. The van der Waals surface area contributed by atoms with Crippen LogP contribution in [0.2, 0.25) is 0 Å². The number of ether oxygens (including phenoxy) is 5. The molecule has 0 amide bonds. The van der Waals surface area contributed by atoms with Gasteiger partial charge in [-0.2, -0.15) is 0 Å². The van der Waals surface area contributed by atoms with Crippen molar-refractivity contribution in [1.29, 1.82) is 0 Å². The van der Waals surface area contributed by atoms with Gasteiger partial charge in [0, 0.05) is 20.0 Å². The highest BCUT2D eigenvalue weighted by molar-refractivity contribution is 5.96. The van der Waals surface area contributed by atoms with E-state index in [-0.39, 0.29) is 24.5 Å². The fraction of sp³-hybridized carbons (Fsp3) is 0.345. The first-order chi connectivity index (χ1) is 17.9. The molecule has 0 bridgehead atoms. The maximum absolute atomic E-state index is 13.3. The van der Waals surface area contributed by atoms with E-state index in [1.54, 1.807) is 31.4 Å². The second kappa shape index (κ2) is 16.3. The van der Waals surface area contributed by atoms with Crippen LogP contribution in [-0.2, 0) is 20.8 Å². The molecule has 0 saturated heterocycles. The minimum absolute atomic E-state index is 0.0689. The van der Waals surface area contributed by atoms with E-state index < -0.39 is 24.3 Å². The molecule has 200 valence electrons. The summed E-state index contributed by atoms with van der Waals surface area (Å²) < 4.78 is 27.3. The van der Waals surface area contributed by atoms with E-state index in [9.17, 15) is 15.0 Å². The van der Waals surface area contributed by atoms with Crippen LogP contribution in [0.1, 0.15) is 34.3 Å². The smallest absolute Gasteiger partial charge is 0.342 e. The molecule has 0 saturated carbocycles. The summed E-state index contributed by atoms with van der Waals surface area (Å²) in [7, 11) is 3.08. The molecule has 0 aliphatic carbocycles. The monoisotopic (exact) mass is 512 g/mol. The van der Waals surface area contributed by atoms with Crippen LogP contribution in [0.25, 0.3) is 6.08 Å². The number of methoxy groups -OCH3 is 2. The van der Waals surface area contributed by atoms with Crippen molar-refractivity contribution in [3.63, 3.8) is 0 Å². The first-order valence-corrected chi connectivity index (χ1v) is 11.9. The molecule has 0 spiro atoms. The highest BCUT2D eigenvalue weighted by atomic mass is 16.7. The molecule has 8 heteroatoms. The zero-order valence-electron chi connectivity index (χ0n) is 21.4. The van der Waals surface area contributed by atoms with Crippen LogP contribution in [0.3, 0.4) is 0 Å². The predicted molar refractivity (Wildman–Crippen MR) is 141 cm³/mol. The topological polar surface area (TPSA) is 104 Å². The average molecular weight is 513 g/mol. The Kier molecular flexibility index (Phi) is 13.2. The zero-order valence-corrected chi connectivity index (χ0v) is 21.4. The van der Waals surface area contributed by atoms with E-state index in [0.717, 1.165) is 11.3 Å². The normalized spacial score (nSPS) is 13.5. The number of rotatable bonds is 17. The Labute approximate surface area is 218 Å². The molecule has 0 aromatic heterocycles.